The largest absolute Gasteiger partial charge is 0.493 e. The first-order valence-electron chi connectivity index (χ1n) is 7.70. The molecule has 1 aromatic carbocycles. The third-order valence-corrected chi connectivity index (χ3v) is 4.17. The Morgan fingerprint density at radius 3 is 2.64 bits per heavy atom. The summed E-state index contributed by atoms with van der Waals surface area (Å²) in [7, 11) is 4.85. The van der Waals surface area contributed by atoms with E-state index in [9.17, 15) is 4.79 Å². The average molecular weight is 307 g/mol. The molecule has 0 heterocycles. The number of rotatable bonds is 7. The van der Waals surface area contributed by atoms with E-state index >= 15 is 0 Å². The van der Waals surface area contributed by atoms with Crippen LogP contribution in [0.25, 0.3) is 0 Å². The second-order valence-electron chi connectivity index (χ2n) is 5.57. The Balaban J connectivity index is 2.06. The van der Waals surface area contributed by atoms with E-state index in [1.807, 2.05) is 0 Å². The number of benzene rings is 1. The molecule has 0 bridgehead atoms. The molecular formula is C17H25NO4. The Kier molecular flexibility index (Phi) is 6.07. The highest BCUT2D eigenvalue weighted by atomic mass is 16.5. The molecule has 0 radical (unpaired) electrons. The molecule has 0 saturated carbocycles. The minimum absolute atomic E-state index is 0.0640. The number of hydrogen-bond donors (Lipinski definition) is 1. The van der Waals surface area contributed by atoms with Gasteiger partial charge in [-0.3, -0.25) is 4.79 Å². The summed E-state index contributed by atoms with van der Waals surface area (Å²) in [5.41, 5.74) is 2.65. The van der Waals surface area contributed by atoms with Gasteiger partial charge in [-0.15, -0.1) is 0 Å². The molecule has 1 unspecified atom stereocenters. The molecule has 0 saturated heterocycles. The van der Waals surface area contributed by atoms with Crippen molar-refractivity contribution in [2.45, 2.75) is 31.6 Å². The van der Waals surface area contributed by atoms with Crippen molar-refractivity contribution >= 4 is 5.91 Å². The predicted molar refractivity (Wildman–Crippen MR) is 84.7 cm³/mol. The molecule has 0 aromatic heterocycles. The van der Waals surface area contributed by atoms with E-state index in [1.165, 1.54) is 24.7 Å². The highest BCUT2D eigenvalue weighted by Crippen LogP contribution is 2.40. The fourth-order valence-corrected chi connectivity index (χ4v) is 3.10. The van der Waals surface area contributed by atoms with Crippen LogP contribution in [0.3, 0.4) is 0 Å². The number of nitrogens with one attached hydrogen (secondary N) is 1. The van der Waals surface area contributed by atoms with E-state index in [4.69, 9.17) is 14.2 Å². The molecule has 0 spiro atoms. The number of ether oxygens (including phenoxy) is 3. The number of methoxy groups -OCH3 is 3. The SMILES string of the molecule is COCC(=O)NCCC1CCCc2cc(OC)c(OC)cc21. The number of aryl methyl sites for hydroxylation is 1. The van der Waals surface area contributed by atoms with Gasteiger partial charge in [-0.05, 0) is 54.9 Å². The van der Waals surface area contributed by atoms with Crippen molar-refractivity contribution in [2.75, 3.05) is 34.5 Å². The predicted octanol–water partition coefficient (Wildman–Crippen LogP) is 2.28. The van der Waals surface area contributed by atoms with Crippen molar-refractivity contribution in [2.24, 2.45) is 0 Å². The van der Waals surface area contributed by atoms with Gasteiger partial charge in [0.25, 0.3) is 0 Å². The standard InChI is InChI=1S/C17H25NO4/c1-20-11-17(19)18-8-7-12-5-4-6-13-9-15(21-2)16(22-3)10-14(12)13/h9-10,12H,4-8,11H2,1-3H3,(H,18,19). The topological polar surface area (TPSA) is 56.8 Å². The number of fused-ring (bicyclic) bond motifs is 1. The maximum atomic E-state index is 11.4. The third kappa shape index (κ3) is 3.91. The van der Waals surface area contributed by atoms with Crippen LogP contribution in [0.2, 0.25) is 0 Å². The average Bonchev–Trinajstić information content (AvgIpc) is 2.54. The van der Waals surface area contributed by atoms with Crippen LogP contribution >= 0.6 is 0 Å². The van der Waals surface area contributed by atoms with Gasteiger partial charge in [-0.25, -0.2) is 0 Å². The van der Waals surface area contributed by atoms with Crippen molar-refractivity contribution in [3.05, 3.63) is 23.3 Å². The maximum absolute atomic E-state index is 11.4. The fourth-order valence-electron chi connectivity index (χ4n) is 3.10. The van der Waals surface area contributed by atoms with Crippen LogP contribution in [0, 0.1) is 0 Å². The Morgan fingerprint density at radius 1 is 1.23 bits per heavy atom. The van der Waals surface area contributed by atoms with Gasteiger partial charge >= 0.3 is 0 Å². The summed E-state index contributed by atoms with van der Waals surface area (Å²) in [4.78, 5) is 11.4. The van der Waals surface area contributed by atoms with Crippen LogP contribution in [0.15, 0.2) is 12.1 Å². The smallest absolute Gasteiger partial charge is 0.245 e. The molecule has 0 fully saturated rings. The molecule has 5 heteroatoms. The quantitative estimate of drug-likeness (QED) is 0.839. The second kappa shape index (κ2) is 8.03. The van der Waals surface area contributed by atoms with E-state index in [2.05, 4.69) is 17.4 Å². The van der Waals surface area contributed by atoms with Crippen molar-refractivity contribution in [3.8, 4) is 11.5 Å². The molecule has 1 aliphatic rings. The summed E-state index contributed by atoms with van der Waals surface area (Å²) in [5, 5.41) is 2.89. The van der Waals surface area contributed by atoms with Gasteiger partial charge in [0.05, 0.1) is 14.2 Å². The van der Waals surface area contributed by atoms with Crippen LogP contribution in [0.1, 0.15) is 36.3 Å². The minimum atomic E-state index is -0.0640. The lowest BCUT2D eigenvalue weighted by molar-refractivity contribution is -0.124. The summed E-state index contributed by atoms with van der Waals surface area (Å²) in [6.45, 7) is 0.785. The van der Waals surface area contributed by atoms with Crippen LogP contribution in [0.4, 0.5) is 0 Å². The summed E-state index contributed by atoms with van der Waals surface area (Å²) in [6, 6.07) is 4.18. The Morgan fingerprint density at radius 2 is 1.95 bits per heavy atom. The zero-order valence-electron chi connectivity index (χ0n) is 13.6. The number of amides is 1. The summed E-state index contributed by atoms with van der Waals surface area (Å²) in [6.07, 6.45) is 4.31. The fraction of sp³-hybridized carbons (Fsp3) is 0.588. The van der Waals surface area contributed by atoms with Gasteiger partial charge in [0, 0.05) is 13.7 Å². The normalized spacial score (nSPS) is 16.8. The van der Waals surface area contributed by atoms with Gasteiger partial charge in [0.2, 0.25) is 5.91 Å². The van der Waals surface area contributed by atoms with E-state index in [-0.39, 0.29) is 12.5 Å². The van der Waals surface area contributed by atoms with Crippen LogP contribution in [-0.2, 0) is 16.0 Å². The summed E-state index contributed by atoms with van der Waals surface area (Å²) in [5.74, 6) is 1.95. The highest BCUT2D eigenvalue weighted by Gasteiger charge is 2.22. The highest BCUT2D eigenvalue weighted by molar-refractivity contribution is 5.77. The lowest BCUT2D eigenvalue weighted by atomic mass is 9.81. The van der Waals surface area contributed by atoms with Gasteiger partial charge in [0.1, 0.15) is 6.61 Å². The molecule has 1 amide bonds. The van der Waals surface area contributed by atoms with E-state index < -0.39 is 0 Å². The van der Waals surface area contributed by atoms with Crippen LogP contribution in [0.5, 0.6) is 11.5 Å². The molecule has 1 N–H and O–H groups in total. The Hall–Kier alpha value is -1.75. The van der Waals surface area contributed by atoms with Gasteiger partial charge in [0.15, 0.2) is 11.5 Å². The first kappa shape index (κ1) is 16.6. The number of carbonyl (C=O) groups is 1. The lowest BCUT2D eigenvalue weighted by Crippen LogP contribution is -2.29. The van der Waals surface area contributed by atoms with Gasteiger partial charge in [-0.2, -0.15) is 0 Å². The molecule has 5 nitrogen and oxygen atoms in total. The van der Waals surface area contributed by atoms with Crippen LogP contribution < -0.4 is 14.8 Å². The van der Waals surface area contributed by atoms with Crippen molar-refractivity contribution in [1.82, 2.24) is 5.32 Å². The molecule has 2 rings (SSSR count). The number of hydrogen-bond acceptors (Lipinski definition) is 4. The molecule has 0 aliphatic heterocycles. The molecule has 122 valence electrons. The van der Waals surface area contributed by atoms with E-state index in [0.29, 0.717) is 12.5 Å². The molecular weight excluding hydrogens is 282 g/mol. The van der Waals surface area contributed by atoms with Gasteiger partial charge < -0.3 is 19.5 Å². The van der Waals surface area contributed by atoms with Gasteiger partial charge in [-0.1, -0.05) is 0 Å². The van der Waals surface area contributed by atoms with Crippen molar-refractivity contribution in [1.29, 1.82) is 0 Å². The summed E-state index contributed by atoms with van der Waals surface area (Å²) < 4.78 is 15.6. The zero-order valence-corrected chi connectivity index (χ0v) is 13.6. The number of carbonyl (C=O) groups excluding carboxylic acids is 1. The van der Waals surface area contributed by atoms with E-state index in [0.717, 1.165) is 30.8 Å². The Labute approximate surface area is 131 Å². The first-order valence-corrected chi connectivity index (χ1v) is 7.70. The molecule has 22 heavy (non-hydrogen) atoms. The second-order valence-corrected chi connectivity index (χ2v) is 5.57. The third-order valence-electron chi connectivity index (χ3n) is 4.17. The first-order chi connectivity index (χ1) is 10.7. The maximum Gasteiger partial charge on any atom is 0.245 e. The molecule has 1 aliphatic carbocycles. The van der Waals surface area contributed by atoms with Crippen molar-refractivity contribution < 1.29 is 19.0 Å². The lowest BCUT2D eigenvalue weighted by Gasteiger charge is -2.27. The minimum Gasteiger partial charge on any atom is -0.493 e. The monoisotopic (exact) mass is 307 g/mol. The van der Waals surface area contributed by atoms with Crippen molar-refractivity contribution in [3.63, 3.8) is 0 Å². The van der Waals surface area contributed by atoms with E-state index in [1.54, 1.807) is 14.2 Å². The Bertz CT molecular complexity index is 516. The van der Waals surface area contributed by atoms with Crippen LogP contribution in [-0.4, -0.2) is 40.4 Å². The zero-order chi connectivity index (χ0) is 15.9. The molecule has 1 aromatic rings. The molecule has 1 atom stereocenters. The summed E-state index contributed by atoms with van der Waals surface area (Å²) >= 11 is 0.